The zero-order chi connectivity index (χ0) is 26.5. The molecule has 1 aromatic carbocycles. The molecule has 0 saturated heterocycles. The second kappa shape index (κ2) is 8.75. The number of hydrogen-bond donors (Lipinski definition) is 1. The zero-order valence-electron chi connectivity index (χ0n) is 18.2. The number of rotatable bonds is 4. The van der Waals surface area contributed by atoms with Crippen LogP contribution in [0.1, 0.15) is 47.3 Å². The lowest BCUT2D eigenvalue weighted by Gasteiger charge is -2.33. The minimum atomic E-state index is -4.80. The molecule has 0 spiro atoms. The van der Waals surface area contributed by atoms with Crippen molar-refractivity contribution < 1.29 is 43.9 Å². The average Bonchev–Trinajstić information content (AvgIpc) is 3.23. The molecule has 0 unspecified atom stereocenters. The van der Waals surface area contributed by atoms with Gasteiger partial charge in [0.15, 0.2) is 0 Å². The molecule has 2 aromatic heterocycles. The smallest absolute Gasteiger partial charge is 0.348 e. The van der Waals surface area contributed by atoms with E-state index in [1.165, 1.54) is 0 Å². The first-order valence-corrected chi connectivity index (χ1v) is 12.1. The summed E-state index contributed by atoms with van der Waals surface area (Å²) in [6.45, 7) is 0. The third kappa shape index (κ3) is 4.90. The van der Waals surface area contributed by atoms with Crippen LogP contribution in [0.15, 0.2) is 53.7 Å². The predicted molar refractivity (Wildman–Crippen MR) is 112 cm³/mol. The summed E-state index contributed by atoms with van der Waals surface area (Å²) in [5.74, 6) is -0.746. The van der Waals surface area contributed by atoms with E-state index in [0.29, 0.717) is 12.1 Å². The van der Waals surface area contributed by atoms with Gasteiger partial charge in [0, 0.05) is 18.4 Å². The summed E-state index contributed by atoms with van der Waals surface area (Å²) in [4.78, 5) is 15.7. The van der Waals surface area contributed by atoms with Gasteiger partial charge in [-0.3, -0.25) is 4.79 Å². The highest BCUT2D eigenvalue weighted by atomic mass is 32.2. The molecule has 2 heterocycles. The van der Waals surface area contributed by atoms with Crippen LogP contribution in [0, 0.1) is 0 Å². The number of benzene rings is 1. The van der Waals surface area contributed by atoms with Crippen LogP contribution in [0.25, 0.3) is 5.65 Å². The van der Waals surface area contributed by atoms with Crippen molar-refractivity contribution in [3.63, 3.8) is 0 Å². The normalized spacial score (nSPS) is 21.5. The average molecular weight is 537 g/mol. The molecule has 1 fully saturated rings. The molecule has 4 rings (SSSR count). The predicted octanol–water partition coefficient (Wildman–Crippen LogP) is 5.18. The number of pyridine rings is 1. The van der Waals surface area contributed by atoms with Gasteiger partial charge in [0.1, 0.15) is 11.3 Å². The van der Waals surface area contributed by atoms with Crippen LogP contribution in [-0.2, 0) is 22.2 Å². The molecule has 1 aliphatic carbocycles. The van der Waals surface area contributed by atoms with Crippen molar-refractivity contribution in [2.75, 3.05) is 0 Å². The molecule has 0 atom stereocenters. The van der Waals surface area contributed by atoms with Crippen molar-refractivity contribution in [2.45, 2.75) is 54.0 Å². The van der Waals surface area contributed by atoms with Crippen LogP contribution in [-0.4, -0.2) is 34.8 Å². The molecule has 36 heavy (non-hydrogen) atoms. The Morgan fingerprint density at radius 2 is 1.61 bits per heavy atom. The van der Waals surface area contributed by atoms with E-state index in [1.807, 2.05) is 0 Å². The molecule has 0 radical (unpaired) electrons. The maximum absolute atomic E-state index is 15.5. The van der Waals surface area contributed by atoms with Crippen molar-refractivity contribution in [1.82, 2.24) is 14.7 Å². The highest BCUT2D eigenvalue weighted by molar-refractivity contribution is 7.92. The van der Waals surface area contributed by atoms with Crippen LogP contribution in [0.3, 0.4) is 0 Å². The Morgan fingerprint density at radius 1 is 0.972 bits per heavy atom. The number of hydrogen-bond acceptors (Lipinski definition) is 4. The van der Waals surface area contributed by atoms with Gasteiger partial charge >= 0.3 is 12.4 Å². The number of halogens is 7. The van der Waals surface area contributed by atoms with Crippen molar-refractivity contribution in [1.29, 1.82) is 0 Å². The summed E-state index contributed by atoms with van der Waals surface area (Å²) in [7, 11) is -4.77. The van der Waals surface area contributed by atoms with Crippen LogP contribution >= 0.6 is 0 Å². The molecule has 6 nitrogen and oxygen atoms in total. The molecule has 0 bridgehead atoms. The second-order valence-electron chi connectivity index (χ2n) is 8.47. The summed E-state index contributed by atoms with van der Waals surface area (Å²) in [5, 5.41) is -0.272. The first-order valence-electron chi connectivity index (χ1n) is 10.6. The number of aromatic nitrogens is 2. The van der Waals surface area contributed by atoms with E-state index in [2.05, 4.69) is 10.3 Å². The SMILES string of the molecule is O=C(NC1CCC(F)(S(=O)(=O)c2cccc(C(F)(F)F)c2)CC1)c1cn2cc(C(F)(F)F)ccc2n1. The first-order chi connectivity index (χ1) is 16.6. The van der Waals surface area contributed by atoms with Gasteiger partial charge < -0.3 is 9.72 Å². The van der Waals surface area contributed by atoms with Crippen molar-refractivity contribution in [3.8, 4) is 0 Å². The van der Waals surface area contributed by atoms with Gasteiger partial charge in [-0.15, -0.1) is 0 Å². The molecular weight excluding hydrogens is 519 g/mol. The number of fused-ring (bicyclic) bond motifs is 1. The van der Waals surface area contributed by atoms with Crippen LogP contribution in [0.4, 0.5) is 30.7 Å². The van der Waals surface area contributed by atoms with Crippen molar-refractivity contribution in [3.05, 3.63) is 65.6 Å². The third-order valence-corrected chi connectivity index (χ3v) is 8.28. The van der Waals surface area contributed by atoms with Gasteiger partial charge in [0.25, 0.3) is 5.91 Å². The Labute approximate surface area is 200 Å². The summed E-state index contributed by atoms with van der Waals surface area (Å²) in [6, 6.07) is 4.09. The molecule has 3 aromatic rings. The number of imidazole rings is 1. The van der Waals surface area contributed by atoms with Crippen LogP contribution < -0.4 is 5.32 Å². The molecule has 14 heteroatoms. The maximum Gasteiger partial charge on any atom is 0.417 e. The minimum absolute atomic E-state index is 0.0896. The maximum atomic E-state index is 15.5. The van der Waals surface area contributed by atoms with E-state index in [4.69, 9.17) is 0 Å². The zero-order valence-corrected chi connectivity index (χ0v) is 19.0. The van der Waals surface area contributed by atoms with E-state index >= 15 is 4.39 Å². The van der Waals surface area contributed by atoms with E-state index in [0.717, 1.165) is 41.1 Å². The van der Waals surface area contributed by atoms with E-state index in [9.17, 15) is 39.6 Å². The fraction of sp³-hybridized carbons (Fsp3) is 0.364. The molecular formula is C22H18F7N3O3S. The Balaban J connectivity index is 1.45. The lowest BCUT2D eigenvalue weighted by molar-refractivity contribution is -0.138. The number of carbonyl (C=O) groups excluding carboxylic acids is 1. The Hall–Kier alpha value is -3.16. The van der Waals surface area contributed by atoms with Crippen LogP contribution in [0.2, 0.25) is 0 Å². The van der Waals surface area contributed by atoms with Crippen molar-refractivity contribution >= 4 is 21.4 Å². The van der Waals surface area contributed by atoms with Crippen LogP contribution in [0.5, 0.6) is 0 Å². The number of nitrogens with zero attached hydrogens (tertiary/aromatic N) is 2. The largest absolute Gasteiger partial charge is 0.417 e. The number of amides is 1. The lowest BCUT2D eigenvalue weighted by Crippen LogP contribution is -2.45. The quantitative estimate of drug-likeness (QED) is 0.465. The Morgan fingerprint density at radius 3 is 2.22 bits per heavy atom. The Bertz CT molecular complexity index is 1410. The van der Waals surface area contributed by atoms with Gasteiger partial charge in [0.2, 0.25) is 14.8 Å². The fourth-order valence-electron chi connectivity index (χ4n) is 4.04. The van der Waals surface area contributed by atoms with E-state index in [1.54, 1.807) is 0 Å². The summed E-state index contributed by atoms with van der Waals surface area (Å²) in [5.41, 5.74) is -2.26. The van der Waals surface area contributed by atoms with Gasteiger partial charge in [0.05, 0.1) is 16.0 Å². The summed E-state index contributed by atoms with van der Waals surface area (Å²) >= 11 is 0. The molecule has 1 aliphatic rings. The molecule has 1 N–H and O–H groups in total. The molecule has 194 valence electrons. The molecule has 1 amide bonds. The monoisotopic (exact) mass is 537 g/mol. The van der Waals surface area contributed by atoms with E-state index < -0.39 is 68.0 Å². The minimum Gasteiger partial charge on any atom is -0.348 e. The van der Waals surface area contributed by atoms with Gasteiger partial charge in [-0.25, -0.2) is 17.8 Å². The first kappa shape index (κ1) is 25.9. The molecule has 1 saturated carbocycles. The molecule has 0 aliphatic heterocycles. The van der Waals surface area contributed by atoms with Gasteiger partial charge in [-0.1, -0.05) is 6.07 Å². The Kier molecular flexibility index (Phi) is 6.30. The highest BCUT2D eigenvalue weighted by Crippen LogP contribution is 2.41. The lowest BCUT2D eigenvalue weighted by atomic mass is 9.93. The third-order valence-electron chi connectivity index (χ3n) is 6.03. The topological polar surface area (TPSA) is 80.5 Å². The van der Waals surface area contributed by atoms with Crippen molar-refractivity contribution in [2.24, 2.45) is 0 Å². The highest BCUT2D eigenvalue weighted by Gasteiger charge is 2.48. The number of sulfone groups is 1. The van der Waals surface area contributed by atoms with Gasteiger partial charge in [-0.05, 0) is 56.0 Å². The number of carbonyl (C=O) groups is 1. The fourth-order valence-corrected chi connectivity index (χ4v) is 5.78. The summed E-state index contributed by atoms with van der Waals surface area (Å²) < 4.78 is 120. The standard InChI is InChI=1S/C22H18F7N3O3S/c23-20(36(34,35)16-3-1-2-13(10-16)21(24,25)26)8-6-15(7-9-20)30-19(33)17-12-32-11-14(22(27,28)29)4-5-18(32)31-17/h1-5,10-12,15H,6-9H2,(H,30,33). The number of nitrogens with one attached hydrogen (secondary N) is 1. The summed E-state index contributed by atoms with van der Waals surface area (Å²) in [6.07, 6.45) is -8.93. The second-order valence-corrected chi connectivity index (χ2v) is 10.7. The number of alkyl halides is 7. The van der Waals surface area contributed by atoms with Gasteiger partial charge in [-0.2, -0.15) is 26.3 Å². The van der Waals surface area contributed by atoms with E-state index in [-0.39, 0.29) is 24.2 Å².